The third kappa shape index (κ3) is 6.38. The summed E-state index contributed by atoms with van der Waals surface area (Å²) >= 11 is 1.25. The third-order valence-electron chi connectivity index (χ3n) is 5.28. The van der Waals surface area contributed by atoms with Crippen LogP contribution in [0.2, 0.25) is 0 Å². The van der Waals surface area contributed by atoms with Gasteiger partial charge in [-0.2, -0.15) is 0 Å². The highest BCUT2D eigenvalue weighted by Crippen LogP contribution is 2.28. The number of nitrogens with one attached hydrogen (secondary N) is 2. The van der Waals surface area contributed by atoms with Crippen LogP contribution in [-0.4, -0.2) is 52.3 Å². The minimum absolute atomic E-state index is 0.0587. The minimum Gasteiger partial charge on any atom is -0.497 e. The van der Waals surface area contributed by atoms with Crippen LogP contribution < -0.4 is 15.4 Å². The quantitative estimate of drug-likeness (QED) is 0.462. The fraction of sp³-hybridized carbons (Fsp3) is 0.292. The number of thiazole rings is 1. The number of benzene rings is 1. The molecular formula is C24H25N5O4S. The van der Waals surface area contributed by atoms with E-state index in [1.807, 2.05) is 12.1 Å². The summed E-state index contributed by atoms with van der Waals surface area (Å²) < 4.78 is 5.14. The van der Waals surface area contributed by atoms with Gasteiger partial charge in [-0.15, -0.1) is 11.3 Å². The van der Waals surface area contributed by atoms with Crippen LogP contribution in [0.5, 0.6) is 5.75 Å². The van der Waals surface area contributed by atoms with Gasteiger partial charge in [0.15, 0.2) is 5.13 Å². The molecule has 1 aliphatic rings. The first-order chi connectivity index (χ1) is 16.5. The molecule has 3 aromatic rings. The van der Waals surface area contributed by atoms with Gasteiger partial charge in [0.25, 0.3) is 5.91 Å². The molecular weight excluding hydrogens is 454 g/mol. The van der Waals surface area contributed by atoms with Crippen LogP contribution >= 0.6 is 11.3 Å². The summed E-state index contributed by atoms with van der Waals surface area (Å²) in [6.45, 7) is 0.352. The highest BCUT2D eigenvalue weighted by Gasteiger charge is 2.34. The van der Waals surface area contributed by atoms with E-state index in [1.165, 1.54) is 11.3 Å². The van der Waals surface area contributed by atoms with Crippen LogP contribution in [0, 0.1) is 0 Å². The largest absolute Gasteiger partial charge is 0.497 e. The Hall–Kier alpha value is -3.79. The van der Waals surface area contributed by atoms with Crippen molar-refractivity contribution < 1.29 is 19.1 Å². The number of pyridine rings is 1. The number of methoxy groups -OCH3 is 1. The Morgan fingerprint density at radius 1 is 1.09 bits per heavy atom. The van der Waals surface area contributed by atoms with Crippen molar-refractivity contribution in [2.24, 2.45) is 0 Å². The maximum atomic E-state index is 12.9. The Balaban J connectivity index is 1.29. The molecule has 3 amide bonds. The van der Waals surface area contributed by atoms with Crippen LogP contribution in [0.3, 0.4) is 0 Å². The molecule has 0 atom stereocenters. The molecule has 0 saturated heterocycles. The lowest BCUT2D eigenvalue weighted by atomic mass is 10.2. The summed E-state index contributed by atoms with van der Waals surface area (Å²) in [5.41, 5.74) is 2.04. The molecule has 34 heavy (non-hydrogen) atoms. The number of carbonyl (C=O) groups excluding carboxylic acids is 3. The van der Waals surface area contributed by atoms with Crippen molar-refractivity contribution >= 4 is 34.2 Å². The van der Waals surface area contributed by atoms with Crippen molar-refractivity contribution in [2.75, 3.05) is 19.0 Å². The summed E-state index contributed by atoms with van der Waals surface area (Å²) in [4.78, 5) is 47.7. The number of aromatic nitrogens is 2. The first kappa shape index (κ1) is 23.4. The van der Waals surface area contributed by atoms with Crippen LogP contribution in [0.15, 0.2) is 54.2 Å². The Kier molecular flexibility index (Phi) is 7.48. The van der Waals surface area contributed by atoms with Gasteiger partial charge in [0.05, 0.1) is 19.2 Å². The fourth-order valence-corrected chi connectivity index (χ4v) is 4.07. The molecule has 4 rings (SSSR count). The number of hydrogen-bond acceptors (Lipinski definition) is 7. The molecule has 1 aliphatic carbocycles. The second-order valence-electron chi connectivity index (χ2n) is 7.89. The van der Waals surface area contributed by atoms with E-state index in [2.05, 4.69) is 20.6 Å². The Morgan fingerprint density at radius 3 is 2.50 bits per heavy atom. The smallest absolute Gasteiger partial charge is 0.254 e. The van der Waals surface area contributed by atoms with Crippen LogP contribution in [0.4, 0.5) is 5.13 Å². The second-order valence-corrected chi connectivity index (χ2v) is 8.75. The molecule has 1 aromatic carbocycles. The monoisotopic (exact) mass is 479 g/mol. The Labute approximate surface area is 201 Å². The molecule has 2 aromatic heterocycles. The van der Waals surface area contributed by atoms with Gasteiger partial charge < -0.3 is 20.3 Å². The number of anilines is 1. The number of hydrogen-bond donors (Lipinski definition) is 2. The summed E-state index contributed by atoms with van der Waals surface area (Å²) in [5.74, 6) is -0.00864. The van der Waals surface area contributed by atoms with Gasteiger partial charge in [0.2, 0.25) is 11.8 Å². The molecule has 1 saturated carbocycles. The summed E-state index contributed by atoms with van der Waals surface area (Å²) in [5, 5.41) is 7.72. The van der Waals surface area contributed by atoms with E-state index < -0.39 is 0 Å². The van der Waals surface area contributed by atoms with E-state index in [9.17, 15) is 14.4 Å². The predicted octanol–water partition coefficient (Wildman–Crippen LogP) is 2.65. The molecule has 0 bridgehead atoms. The Morgan fingerprint density at radius 2 is 1.82 bits per heavy atom. The van der Waals surface area contributed by atoms with Gasteiger partial charge in [-0.05, 0) is 54.8 Å². The van der Waals surface area contributed by atoms with E-state index in [4.69, 9.17) is 4.74 Å². The van der Waals surface area contributed by atoms with Crippen LogP contribution in [0.25, 0.3) is 0 Å². The zero-order valence-electron chi connectivity index (χ0n) is 18.7. The molecule has 0 radical (unpaired) electrons. The van der Waals surface area contributed by atoms with Gasteiger partial charge in [0, 0.05) is 35.9 Å². The highest BCUT2D eigenvalue weighted by molar-refractivity contribution is 7.13. The average molecular weight is 480 g/mol. The van der Waals surface area contributed by atoms with Gasteiger partial charge in [0.1, 0.15) is 12.3 Å². The van der Waals surface area contributed by atoms with Gasteiger partial charge in [-0.1, -0.05) is 0 Å². The summed E-state index contributed by atoms with van der Waals surface area (Å²) in [6, 6.07) is 10.6. The first-order valence-electron chi connectivity index (χ1n) is 10.9. The molecule has 0 unspecified atom stereocenters. The highest BCUT2D eigenvalue weighted by atomic mass is 32.1. The Bertz CT molecular complexity index is 1150. The molecule has 1 fully saturated rings. The number of rotatable bonds is 10. The van der Waals surface area contributed by atoms with Gasteiger partial charge in [-0.3, -0.25) is 19.4 Å². The fourth-order valence-electron chi connectivity index (χ4n) is 3.34. The zero-order chi connectivity index (χ0) is 23.9. The predicted molar refractivity (Wildman–Crippen MR) is 128 cm³/mol. The first-order valence-corrected chi connectivity index (χ1v) is 11.7. The van der Waals surface area contributed by atoms with Gasteiger partial charge in [-0.25, -0.2) is 4.98 Å². The van der Waals surface area contributed by atoms with E-state index in [0.29, 0.717) is 28.7 Å². The summed E-state index contributed by atoms with van der Waals surface area (Å²) in [6.07, 6.45) is 5.22. The molecule has 0 spiro atoms. The SMILES string of the molecule is COc1ccc(C(=O)N(CC(=O)Nc2nc(CC(=O)NCc3ccncc3)cs2)C2CC2)cc1. The van der Waals surface area contributed by atoms with E-state index >= 15 is 0 Å². The second kappa shape index (κ2) is 10.9. The summed E-state index contributed by atoms with van der Waals surface area (Å²) in [7, 11) is 1.57. The average Bonchev–Trinajstić information content (AvgIpc) is 3.61. The standard InChI is InChI=1S/C24H25N5O4S/c1-33-20-6-2-17(3-7-20)23(32)29(19-4-5-19)14-22(31)28-24-27-18(15-34-24)12-21(30)26-13-16-8-10-25-11-9-16/h2-3,6-11,15,19H,4-5,12-14H2,1H3,(H,26,30)(H,27,28,31). The van der Waals surface area contributed by atoms with Gasteiger partial charge >= 0.3 is 0 Å². The molecule has 176 valence electrons. The lowest BCUT2D eigenvalue weighted by Crippen LogP contribution is -2.39. The maximum Gasteiger partial charge on any atom is 0.254 e. The number of carbonyl (C=O) groups is 3. The van der Waals surface area contributed by atoms with Crippen molar-refractivity contribution in [3.05, 3.63) is 71.0 Å². The molecule has 2 heterocycles. The van der Waals surface area contributed by atoms with Crippen molar-refractivity contribution in [2.45, 2.75) is 31.8 Å². The van der Waals surface area contributed by atoms with Crippen LogP contribution in [-0.2, 0) is 22.6 Å². The number of ether oxygens (including phenoxy) is 1. The van der Waals surface area contributed by atoms with E-state index in [1.54, 1.807) is 54.0 Å². The molecule has 2 N–H and O–H groups in total. The van der Waals surface area contributed by atoms with Crippen molar-refractivity contribution in [3.8, 4) is 5.75 Å². The molecule has 9 nitrogen and oxygen atoms in total. The van der Waals surface area contributed by atoms with E-state index in [0.717, 1.165) is 18.4 Å². The zero-order valence-corrected chi connectivity index (χ0v) is 19.5. The third-order valence-corrected chi connectivity index (χ3v) is 6.08. The number of amides is 3. The molecule has 10 heteroatoms. The minimum atomic E-state index is -0.322. The van der Waals surface area contributed by atoms with Crippen molar-refractivity contribution in [1.29, 1.82) is 0 Å². The normalized spacial score (nSPS) is 12.6. The molecule has 0 aliphatic heterocycles. The lowest BCUT2D eigenvalue weighted by Gasteiger charge is -2.21. The topological polar surface area (TPSA) is 114 Å². The van der Waals surface area contributed by atoms with E-state index in [-0.39, 0.29) is 36.7 Å². The van der Waals surface area contributed by atoms with Crippen molar-refractivity contribution in [1.82, 2.24) is 20.2 Å². The lowest BCUT2D eigenvalue weighted by molar-refractivity contribution is -0.120. The van der Waals surface area contributed by atoms with Crippen LogP contribution in [0.1, 0.15) is 34.5 Å². The maximum absolute atomic E-state index is 12.9. The number of nitrogens with zero attached hydrogens (tertiary/aromatic N) is 3. The van der Waals surface area contributed by atoms with Crippen molar-refractivity contribution in [3.63, 3.8) is 0 Å².